The third-order valence-corrected chi connectivity index (χ3v) is 3.37. The average Bonchev–Trinajstić information content (AvgIpc) is 2.33. The number of anilines is 1. The second-order valence-corrected chi connectivity index (χ2v) is 6.58. The number of benzene rings is 1. The number of amides is 1. The molecule has 1 aliphatic rings. The fraction of sp³-hybridized carbons (Fsp3) is 0.533. The number of carbonyl (C=O) groups is 1. The highest BCUT2D eigenvalue weighted by Gasteiger charge is 2.31. The largest absolute Gasteiger partial charge is 0.444 e. The van der Waals surface area contributed by atoms with Gasteiger partial charge in [-0.2, -0.15) is 4.39 Å². The van der Waals surface area contributed by atoms with Crippen molar-refractivity contribution in [3.63, 3.8) is 0 Å². The summed E-state index contributed by atoms with van der Waals surface area (Å²) in [5, 5.41) is 16.4. The number of alkyl carbamates (subject to hydrolysis) is 1. The van der Waals surface area contributed by atoms with Crippen molar-refractivity contribution in [2.24, 2.45) is 0 Å². The van der Waals surface area contributed by atoms with Gasteiger partial charge in [0.05, 0.1) is 4.92 Å². The van der Waals surface area contributed by atoms with Gasteiger partial charge in [-0.15, -0.1) is 0 Å². The Labute approximate surface area is 133 Å². The second-order valence-electron chi connectivity index (χ2n) is 6.58. The lowest BCUT2D eigenvalue weighted by Gasteiger charge is -2.37. The molecule has 0 saturated heterocycles. The molecular weight excluding hydrogens is 305 g/mol. The molecule has 0 heterocycles. The van der Waals surface area contributed by atoms with E-state index in [2.05, 4.69) is 10.6 Å². The smallest absolute Gasteiger partial charge is 0.407 e. The first-order valence-corrected chi connectivity index (χ1v) is 7.34. The van der Waals surface area contributed by atoms with Gasteiger partial charge in [0.2, 0.25) is 5.82 Å². The molecule has 7 nitrogen and oxygen atoms in total. The molecule has 0 radical (unpaired) electrons. The van der Waals surface area contributed by atoms with E-state index >= 15 is 0 Å². The molecule has 2 rings (SSSR count). The van der Waals surface area contributed by atoms with E-state index < -0.39 is 28.1 Å². The number of nitro benzene ring substituents is 1. The molecule has 126 valence electrons. The molecule has 8 heteroatoms. The Bertz CT molecular complexity index is 609. The van der Waals surface area contributed by atoms with Crippen molar-refractivity contribution in [1.82, 2.24) is 5.32 Å². The van der Waals surface area contributed by atoms with Gasteiger partial charge in [0.15, 0.2) is 0 Å². The zero-order chi connectivity index (χ0) is 17.2. The van der Waals surface area contributed by atoms with E-state index in [1.165, 1.54) is 6.07 Å². The molecule has 2 N–H and O–H groups in total. The topological polar surface area (TPSA) is 93.5 Å². The molecule has 0 aliphatic heterocycles. The number of hydrogen-bond donors (Lipinski definition) is 2. The summed E-state index contributed by atoms with van der Waals surface area (Å²) in [6.45, 7) is 5.38. The highest BCUT2D eigenvalue weighted by Crippen LogP contribution is 2.27. The fourth-order valence-corrected chi connectivity index (χ4v) is 2.31. The second kappa shape index (κ2) is 6.39. The van der Waals surface area contributed by atoms with Crippen molar-refractivity contribution >= 4 is 17.5 Å². The Hall–Kier alpha value is -2.38. The summed E-state index contributed by atoms with van der Waals surface area (Å²) in [7, 11) is 0. The van der Waals surface area contributed by atoms with Crippen LogP contribution < -0.4 is 10.6 Å². The Morgan fingerprint density at radius 1 is 1.35 bits per heavy atom. The number of nitro groups is 1. The molecule has 0 bridgehead atoms. The molecule has 0 aromatic heterocycles. The number of nitrogens with one attached hydrogen (secondary N) is 2. The molecule has 1 aliphatic carbocycles. The first-order chi connectivity index (χ1) is 10.6. The van der Waals surface area contributed by atoms with Crippen molar-refractivity contribution in [3.8, 4) is 0 Å². The molecule has 1 saturated carbocycles. The van der Waals surface area contributed by atoms with E-state index in [4.69, 9.17) is 4.74 Å². The zero-order valence-electron chi connectivity index (χ0n) is 13.3. The van der Waals surface area contributed by atoms with Gasteiger partial charge in [0.25, 0.3) is 0 Å². The highest BCUT2D eigenvalue weighted by atomic mass is 19.1. The fourth-order valence-electron chi connectivity index (χ4n) is 2.31. The third kappa shape index (κ3) is 4.80. The molecular formula is C15H20FN3O4. The number of nitrogens with zero attached hydrogens (tertiary/aromatic N) is 1. The lowest BCUT2D eigenvalue weighted by Crippen LogP contribution is -2.50. The number of rotatable bonds is 4. The lowest BCUT2D eigenvalue weighted by atomic mass is 9.86. The molecule has 1 fully saturated rings. The summed E-state index contributed by atoms with van der Waals surface area (Å²) >= 11 is 0. The minimum Gasteiger partial charge on any atom is -0.444 e. The van der Waals surface area contributed by atoms with Crippen molar-refractivity contribution in [3.05, 3.63) is 34.1 Å². The van der Waals surface area contributed by atoms with Gasteiger partial charge in [-0.1, -0.05) is 0 Å². The van der Waals surface area contributed by atoms with Crippen LogP contribution in [-0.4, -0.2) is 28.7 Å². The molecule has 23 heavy (non-hydrogen) atoms. The van der Waals surface area contributed by atoms with Gasteiger partial charge in [-0.25, -0.2) is 4.79 Å². The minimum absolute atomic E-state index is 0.00486. The van der Waals surface area contributed by atoms with Crippen LogP contribution in [0, 0.1) is 15.9 Å². The lowest BCUT2D eigenvalue weighted by molar-refractivity contribution is -0.387. The summed E-state index contributed by atoms with van der Waals surface area (Å²) in [4.78, 5) is 21.4. The Balaban J connectivity index is 1.79. The molecule has 0 unspecified atom stereocenters. The van der Waals surface area contributed by atoms with E-state index in [0.717, 1.165) is 12.1 Å². The molecule has 1 aromatic rings. The van der Waals surface area contributed by atoms with Crippen LogP contribution in [0.3, 0.4) is 0 Å². The van der Waals surface area contributed by atoms with Gasteiger partial charge >= 0.3 is 11.8 Å². The number of hydrogen-bond acceptors (Lipinski definition) is 5. The van der Waals surface area contributed by atoms with E-state index in [0.29, 0.717) is 18.5 Å². The summed E-state index contributed by atoms with van der Waals surface area (Å²) in [6.07, 6.45) is 0.901. The maximum Gasteiger partial charge on any atom is 0.407 e. The molecule has 0 spiro atoms. The maximum atomic E-state index is 13.5. The predicted molar refractivity (Wildman–Crippen MR) is 82.9 cm³/mol. The Morgan fingerprint density at radius 3 is 2.52 bits per heavy atom. The monoisotopic (exact) mass is 325 g/mol. The van der Waals surface area contributed by atoms with Crippen molar-refractivity contribution in [2.45, 2.75) is 51.3 Å². The Morgan fingerprint density at radius 2 is 2.00 bits per heavy atom. The number of carbonyl (C=O) groups excluding carboxylic acids is 1. The summed E-state index contributed by atoms with van der Waals surface area (Å²) < 4.78 is 18.7. The SMILES string of the molecule is CC(C)(C)OC(=O)NC1CC(Nc2ccc([N+](=O)[O-])c(F)c2)C1. The predicted octanol–water partition coefficient (Wildman–Crippen LogP) is 3.20. The van der Waals surface area contributed by atoms with Crippen LogP contribution in [0.5, 0.6) is 0 Å². The van der Waals surface area contributed by atoms with Crippen LogP contribution in [0.15, 0.2) is 18.2 Å². The van der Waals surface area contributed by atoms with Crippen molar-refractivity contribution < 1.29 is 18.8 Å². The minimum atomic E-state index is -0.872. The van der Waals surface area contributed by atoms with Crippen molar-refractivity contribution in [2.75, 3.05) is 5.32 Å². The summed E-state index contributed by atoms with van der Waals surface area (Å²) in [6, 6.07) is 3.79. The first-order valence-electron chi connectivity index (χ1n) is 7.34. The number of ether oxygens (including phenoxy) is 1. The third-order valence-electron chi connectivity index (χ3n) is 3.37. The zero-order valence-corrected chi connectivity index (χ0v) is 13.3. The van der Waals surface area contributed by atoms with Crippen LogP contribution in [0.25, 0.3) is 0 Å². The standard InChI is InChI=1S/C15H20FN3O4/c1-15(2,3)23-14(20)18-11-6-10(7-11)17-9-4-5-13(19(21)22)12(16)8-9/h4-5,8,10-11,17H,6-7H2,1-3H3,(H,18,20). The van der Waals surface area contributed by atoms with Gasteiger partial charge in [0, 0.05) is 29.9 Å². The van der Waals surface area contributed by atoms with E-state index in [1.54, 1.807) is 20.8 Å². The van der Waals surface area contributed by atoms with Crippen LogP contribution in [0.4, 0.5) is 20.6 Å². The number of halogens is 1. The normalized spacial score (nSPS) is 20.3. The highest BCUT2D eigenvalue weighted by molar-refractivity contribution is 5.68. The van der Waals surface area contributed by atoms with Crippen LogP contribution in [0.2, 0.25) is 0 Å². The van der Waals surface area contributed by atoms with Gasteiger partial charge in [0.1, 0.15) is 5.60 Å². The average molecular weight is 325 g/mol. The van der Waals surface area contributed by atoms with E-state index in [-0.39, 0.29) is 12.1 Å². The molecule has 1 amide bonds. The summed E-state index contributed by atoms with van der Waals surface area (Å²) in [5.41, 5.74) is -0.607. The quantitative estimate of drug-likeness (QED) is 0.655. The van der Waals surface area contributed by atoms with Crippen LogP contribution in [-0.2, 0) is 4.74 Å². The Kier molecular flexibility index (Phi) is 4.72. The molecule has 1 aromatic carbocycles. The van der Waals surface area contributed by atoms with Crippen LogP contribution in [0.1, 0.15) is 33.6 Å². The van der Waals surface area contributed by atoms with Crippen molar-refractivity contribution in [1.29, 1.82) is 0 Å². The summed E-state index contributed by atoms with van der Waals surface area (Å²) in [5.74, 6) is -0.872. The molecule has 0 atom stereocenters. The van der Waals surface area contributed by atoms with E-state index in [1.807, 2.05) is 0 Å². The first kappa shape index (κ1) is 17.0. The van der Waals surface area contributed by atoms with Gasteiger partial charge in [-0.3, -0.25) is 10.1 Å². The van der Waals surface area contributed by atoms with Gasteiger partial charge in [-0.05, 0) is 39.7 Å². The van der Waals surface area contributed by atoms with Crippen LogP contribution >= 0.6 is 0 Å². The maximum absolute atomic E-state index is 13.5. The van der Waals surface area contributed by atoms with E-state index in [9.17, 15) is 19.3 Å². The van der Waals surface area contributed by atoms with Gasteiger partial charge < -0.3 is 15.4 Å².